The highest BCUT2D eigenvalue weighted by molar-refractivity contribution is 5.06. The number of hydrogen-bond acceptors (Lipinski definition) is 4. The molecule has 2 aliphatic heterocycles. The SMILES string of the molecule is C=CCO[C@@H]1CO[C@@]2(CCCN(Cc3ccc(C)o3)C2)C1. The van der Waals surface area contributed by atoms with Crippen LogP contribution in [0.2, 0.25) is 0 Å². The Labute approximate surface area is 126 Å². The fourth-order valence-corrected chi connectivity index (χ4v) is 3.51. The quantitative estimate of drug-likeness (QED) is 0.781. The van der Waals surface area contributed by atoms with E-state index in [-0.39, 0.29) is 11.7 Å². The number of ether oxygens (including phenoxy) is 2. The van der Waals surface area contributed by atoms with Crippen molar-refractivity contribution >= 4 is 0 Å². The third-order valence-electron chi connectivity index (χ3n) is 4.42. The molecule has 1 aromatic heterocycles. The predicted octanol–water partition coefficient (Wildman–Crippen LogP) is 2.91. The summed E-state index contributed by atoms with van der Waals surface area (Å²) in [4.78, 5) is 2.44. The molecule has 0 saturated carbocycles. The fraction of sp³-hybridized carbons (Fsp3) is 0.647. The van der Waals surface area contributed by atoms with Crippen LogP contribution in [0.4, 0.5) is 0 Å². The van der Waals surface area contributed by atoms with E-state index in [4.69, 9.17) is 13.9 Å². The first-order valence-electron chi connectivity index (χ1n) is 7.83. The summed E-state index contributed by atoms with van der Waals surface area (Å²) in [5, 5.41) is 0. The van der Waals surface area contributed by atoms with Gasteiger partial charge >= 0.3 is 0 Å². The summed E-state index contributed by atoms with van der Waals surface area (Å²) in [7, 11) is 0. The summed E-state index contributed by atoms with van der Waals surface area (Å²) in [6.45, 7) is 9.97. The van der Waals surface area contributed by atoms with Crippen LogP contribution in [-0.4, -0.2) is 42.9 Å². The van der Waals surface area contributed by atoms with Gasteiger partial charge in [-0.05, 0) is 38.4 Å². The van der Waals surface area contributed by atoms with Gasteiger partial charge < -0.3 is 13.9 Å². The molecule has 21 heavy (non-hydrogen) atoms. The molecule has 1 aromatic rings. The van der Waals surface area contributed by atoms with Crippen molar-refractivity contribution in [3.05, 3.63) is 36.3 Å². The van der Waals surface area contributed by atoms with Crippen LogP contribution in [0.25, 0.3) is 0 Å². The van der Waals surface area contributed by atoms with E-state index in [9.17, 15) is 0 Å². The van der Waals surface area contributed by atoms with Crippen LogP contribution >= 0.6 is 0 Å². The predicted molar refractivity (Wildman–Crippen MR) is 81.2 cm³/mol. The van der Waals surface area contributed by atoms with Crippen molar-refractivity contribution in [2.24, 2.45) is 0 Å². The van der Waals surface area contributed by atoms with Crippen LogP contribution < -0.4 is 0 Å². The second kappa shape index (κ2) is 6.34. The van der Waals surface area contributed by atoms with Crippen molar-refractivity contribution in [2.45, 2.75) is 44.4 Å². The van der Waals surface area contributed by atoms with E-state index in [1.807, 2.05) is 13.0 Å². The summed E-state index contributed by atoms with van der Waals surface area (Å²) >= 11 is 0. The Balaban J connectivity index is 1.57. The molecule has 0 bridgehead atoms. The molecule has 0 unspecified atom stereocenters. The van der Waals surface area contributed by atoms with Gasteiger partial charge in [0.25, 0.3) is 0 Å². The van der Waals surface area contributed by atoms with E-state index in [1.165, 1.54) is 6.42 Å². The number of rotatable bonds is 5. The van der Waals surface area contributed by atoms with E-state index in [0.717, 1.165) is 44.0 Å². The average Bonchev–Trinajstić information content (AvgIpc) is 3.04. The van der Waals surface area contributed by atoms with E-state index >= 15 is 0 Å². The van der Waals surface area contributed by atoms with Gasteiger partial charge in [-0.2, -0.15) is 0 Å². The minimum absolute atomic E-state index is 0.0221. The molecule has 0 aliphatic carbocycles. The topological polar surface area (TPSA) is 34.8 Å². The standard InChI is InChI=1S/C17H25NO3/c1-3-9-19-16-10-17(20-12-16)7-4-8-18(13-17)11-15-6-5-14(2)21-15/h3,5-6,16H,1,4,7-13H2,2H3/t16-,17-/m0/s1. The maximum absolute atomic E-state index is 6.13. The van der Waals surface area contributed by atoms with Crippen LogP contribution in [0.3, 0.4) is 0 Å². The summed E-state index contributed by atoms with van der Waals surface area (Å²) in [5.41, 5.74) is -0.0221. The second-order valence-electron chi connectivity index (χ2n) is 6.27. The van der Waals surface area contributed by atoms with Gasteiger partial charge in [0.2, 0.25) is 0 Å². The van der Waals surface area contributed by atoms with Crippen LogP contribution in [-0.2, 0) is 16.0 Å². The number of aryl methyl sites for hydroxylation is 1. The van der Waals surface area contributed by atoms with Gasteiger partial charge in [-0.1, -0.05) is 6.08 Å². The van der Waals surface area contributed by atoms with Crippen molar-refractivity contribution < 1.29 is 13.9 Å². The molecule has 2 saturated heterocycles. The van der Waals surface area contributed by atoms with E-state index in [1.54, 1.807) is 6.08 Å². The lowest BCUT2D eigenvalue weighted by Crippen LogP contribution is -2.47. The highest BCUT2D eigenvalue weighted by Crippen LogP contribution is 2.36. The summed E-state index contributed by atoms with van der Waals surface area (Å²) in [5.74, 6) is 2.02. The highest BCUT2D eigenvalue weighted by Gasteiger charge is 2.43. The Morgan fingerprint density at radius 1 is 1.52 bits per heavy atom. The van der Waals surface area contributed by atoms with E-state index in [0.29, 0.717) is 13.2 Å². The smallest absolute Gasteiger partial charge is 0.118 e. The minimum Gasteiger partial charge on any atom is -0.465 e. The number of piperidine rings is 1. The molecule has 0 aromatic carbocycles. The monoisotopic (exact) mass is 291 g/mol. The lowest BCUT2D eigenvalue weighted by Gasteiger charge is -2.39. The third kappa shape index (κ3) is 3.57. The molecule has 3 rings (SSSR count). The molecule has 3 heterocycles. The molecule has 1 spiro atoms. The number of furan rings is 1. The Hall–Kier alpha value is -1.10. The molecule has 2 atom stereocenters. The molecule has 116 valence electrons. The van der Waals surface area contributed by atoms with Crippen LogP contribution in [0, 0.1) is 6.92 Å². The molecule has 2 fully saturated rings. The molecular weight excluding hydrogens is 266 g/mol. The Morgan fingerprint density at radius 3 is 3.19 bits per heavy atom. The van der Waals surface area contributed by atoms with E-state index < -0.39 is 0 Å². The van der Waals surface area contributed by atoms with Crippen molar-refractivity contribution in [2.75, 3.05) is 26.3 Å². The normalized spacial score (nSPS) is 30.0. The van der Waals surface area contributed by atoms with Gasteiger partial charge in [0.15, 0.2) is 0 Å². The Kier molecular flexibility index (Phi) is 4.48. The zero-order valence-electron chi connectivity index (χ0n) is 12.8. The van der Waals surface area contributed by atoms with Crippen molar-refractivity contribution in [1.29, 1.82) is 0 Å². The zero-order chi connectivity index (χ0) is 14.7. The van der Waals surface area contributed by atoms with Crippen molar-refractivity contribution in [3.63, 3.8) is 0 Å². The Bertz CT molecular complexity index is 484. The molecule has 0 radical (unpaired) electrons. The minimum atomic E-state index is -0.0221. The molecule has 4 heteroatoms. The molecule has 0 N–H and O–H groups in total. The maximum Gasteiger partial charge on any atom is 0.118 e. The number of hydrogen-bond donors (Lipinski definition) is 0. The summed E-state index contributed by atoms with van der Waals surface area (Å²) in [6.07, 6.45) is 5.32. The largest absolute Gasteiger partial charge is 0.465 e. The van der Waals surface area contributed by atoms with Crippen LogP contribution in [0.1, 0.15) is 30.8 Å². The van der Waals surface area contributed by atoms with Crippen molar-refractivity contribution in [1.82, 2.24) is 4.90 Å². The fourth-order valence-electron chi connectivity index (χ4n) is 3.51. The first-order valence-corrected chi connectivity index (χ1v) is 7.83. The number of nitrogens with zero attached hydrogens (tertiary/aromatic N) is 1. The lowest BCUT2D eigenvalue weighted by molar-refractivity contribution is -0.0555. The maximum atomic E-state index is 6.13. The van der Waals surface area contributed by atoms with E-state index in [2.05, 4.69) is 17.5 Å². The first-order chi connectivity index (χ1) is 10.2. The lowest BCUT2D eigenvalue weighted by atomic mass is 9.89. The van der Waals surface area contributed by atoms with Gasteiger partial charge in [0.05, 0.1) is 31.5 Å². The van der Waals surface area contributed by atoms with Gasteiger partial charge in [-0.3, -0.25) is 4.90 Å². The van der Waals surface area contributed by atoms with Gasteiger partial charge in [-0.25, -0.2) is 0 Å². The van der Waals surface area contributed by atoms with Crippen LogP contribution in [0.5, 0.6) is 0 Å². The summed E-state index contributed by atoms with van der Waals surface area (Å²) in [6, 6.07) is 4.10. The highest BCUT2D eigenvalue weighted by atomic mass is 16.6. The van der Waals surface area contributed by atoms with Gasteiger partial charge in [0, 0.05) is 13.0 Å². The Morgan fingerprint density at radius 2 is 2.43 bits per heavy atom. The van der Waals surface area contributed by atoms with Gasteiger partial charge in [0.1, 0.15) is 11.5 Å². The zero-order valence-corrected chi connectivity index (χ0v) is 12.8. The molecule has 0 amide bonds. The molecule has 2 aliphatic rings. The second-order valence-corrected chi connectivity index (χ2v) is 6.27. The summed E-state index contributed by atoms with van der Waals surface area (Å²) < 4.78 is 17.6. The average molecular weight is 291 g/mol. The van der Waals surface area contributed by atoms with Gasteiger partial charge in [-0.15, -0.1) is 6.58 Å². The first kappa shape index (κ1) is 14.8. The number of likely N-dealkylation sites (tertiary alicyclic amines) is 1. The molecule has 4 nitrogen and oxygen atoms in total. The van der Waals surface area contributed by atoms with Crippen LogP contribution in [0.15, 0.2) is 29.2 Å². The molecular formula is C17H25NO3. The third-order valence-corrected chi connectivity index (χ3v) is 4.42. The van der Waals surface area contributed by atoms with Crippen molar-refractivity contribution in [3.8, 4) is 0 Å².